The number of esters is 1. The summed E-state index contributed by atoms with van der Waals surface area (Å²) in [6, 6.07) is 3.62. The van der Waals surface area contributed by atoms with E-state index in [1.807, 2.05) is 19.9 Å². The van der Waals surface area contributed by atoms with Crippen molar-refractivity contribution in [2.75, 3.05) is 30.8 Å². The third-order valence-electron chi connectivity index (χ3n) is 4.31. The van der Waals surface area contributed by atoms with E-state index in [9.17, 15) is 14.4 Å². The van der Waals surface area contributed by atoms with Crippen LogP contribution in [-0.2, 0) is 25.5 Å². The van der Waals surface area contributed by atoms with Gasteiger partial charge in [0.2, 0.25) is 11.8 Å². The first kappa shape index (κ1) is 21.0. The van der Waals surface area contributed by atoms with E-state index in [1.165, 1.54) is 22.7 Å². The summed E-state index contributed by atoms with van der Waals surface area (Å²) in [5, 5.41) is 3.20. The van der Waals surface area contributed by atoms with Gasteiger partial charge in [-0.25, -0.2) is 4.79 Å². The van der Waals surface area contributed by atoms with Gasteiger partial charge in [0, 0.05) is 18.1 Å². The second kappa shape index (κ2) is 9.21. The molecule has 9 heteroatoms. The van der Waals surface area contributed by atoms with Crippen LogP contribution in [-0.4, -0.2) is 54.3 Å². The molecule has 0 saturated carbocycles. The number of benzene rings is 1. The summed E-state index contributed by atoms with van der Waals surface area (Å²) in [6.07, 6.45) is 2.09. The van der Waals surface area contributed by atoms with Crippen molar-refractivity contribution in [3.05, 3.63) is 28.8 Å². The van der Waals surface area contributed by atoms with Crippen molar-refractivity contribution in [3.8, 4) is 11.5 Å². The summed E-state index contributed by atoms with van der Waals surface area (Å²) < 4.78 is 16.3. The Morgan fingerprint density at radius 1 is 1.34 bits per heavy atom. The second-order valence-electron chi connectivity index (χ2n) is 6.57. The fraction of sp³-hybridized carbons (Fsp3) is 0.450. The molecule has 3 rings (SSSR count). The molecule has 8 nitrogen and oxygen atoms in total. The minimum atomic E-state index is -0.543. The minimum absolute atomic E-state index is 0.0697. The van der Waals surface area contributed by atoms with Gasteiger partial charge in [-0.3, -0.25) is 14.5 Å². The molecule has 0 radical (unpaired) electrons. The maximum atomic E-state index is 12.6. The van der Waals surface area contributed by atoms with Gasteiger partial charge in [0.05, 0.1) is 35.8 Å². The van der Waals surface area contributed by atoms with Crippen LogP contribution in [0.2, 0.25) is 0 Å². The number of anilines is 1. The lowest BCUT2D eigenvalue weighted by atomic mass is 10.1. The van der Waals surface area contributed by atoms with E-state index in [4.69, 9.17) is 14.2 Å². The van der Waals surface area contributed by atoms with Crippen LogP contribution in [0.1, 0.15) is 26.3 Å². The third-order valence-corrected chi connectivity index (χ3v) is 5.34. The number of thioether (sulfide) groups is 1. The standard InChI is InChI=1S/C20H24N2O6S/c1-4-26-16-7-13-6-12(3)28-15(13)8-14(16)21-17(23)10-22-18(24)11-29-19(22)9-20(25)27-5-2/h7-9,12H,4-6,10-11H2,1-3H3,(H,21,23)/b19-9-. The fourth-order valence-corrected chi connectivity index (χ4v) is 4.06. The van der Waals surface area contributed by atoms with E-state index in [0.717, 1.165) is 12.0 Å². The van der Waals surface area contributed by atoms with Crippen molar-refractivity contribution in [3.63, 3.8) is 0 Å². The molecule has 156 valence electrons. The summed E-state index contributed by atoms with van der Waals surface area (Å²) in [5.41, 5.74) is 1.52. The number of hydrogen-bond donors (Lipinski definition) is 1. The first-order valence-electron chi connectivity index (χ1n) is 9.49. The normalized spacial score (nSPS) is 19.1. The second-order valence-corrected chi connectivity index (χ2v) is 7.57. The van der Waals surface area contributed by atoms with Crippen LogP contribution in [0.4, 0.5) is 5.69 Å². The fourth-order valence-electron chi connectivity index (χ4n) is 3.13. The zero-order chi connectivity index (χ0) is 21.0. The van der Waals surface area contributed by atoms with E-state index < -0.39 is 11.9 Å². The minimum Gasteiger partial charge on any atom is -0.492 e. The van der Waals surface area contributed by atoms with Gasteiger partial charge in [-0.1, -0.05) is 11.8 Å². The Morgan fingerprint density at radius 3 is 2.86 bits per heavy atom. The summed E-state index contributed by atoms with van der Waals surface area (Å²) >= 11 is 1.20. The van der Waals surface area contributed by atoms with Crippen LogP contribution in [0.25, 0.3) is 0 Å². The first-order valence-corrected chi connectivity index (χ1v) is 10.5. The lowest BCUT2D eigenvalue weighted by Crippen LogP contribution is -2.34. The largest absolute Gasteiger partial charge is 0.492 e. The number of rotatable bonds is 7. The predicted octanol–water partition coefficient (Wildman–Crippen LogP) is 2.33. The highest BCUT2D eigenvalue weighted by Gasteiger charge is 2.30. The topological polar surface area (TPSA) is 94.2 Å². The average molecular weight is 420 g/mol. The molecule has 1 saturated heterocycles. The van der Waals surface area contributed by atoms with Crippen LogP contribution < -0.4 is 14.8 Å². The molecular weight excluding hydrogens is 396 g/mol. The van der Waals surface area contributed by atoms with Crippen molar-refractivity contribution in [1.29, 1.82) is 0 Å². The lowest BCUT2D eigenvalue weighted by molar-refractivity contribution is -0.137. The van der Waals surface area contributed by atoms with Crippen LogP contribution in [0.3, 0.4) is 0 Å². The average Bonchev–Trinajstić information content (AvgIpc) is 3.18. The highest BCUT2D eigenvalue weighted by Crippen LogP contribution is 2.38. The Bertz CT molecular complexity index is 854. The smallest absolute Gasteiger partial charge is 0.333 e. The maximum Gasteiger partial charge on any atom is 0.333 e. The van der Waals surface area contributed by atoms with E-state index in [2.05, 4.69) is 5.32 Å². The highest BCUT2D eigenvalue weighted by molar-refractivity contribution is 8.04. The first-order chi connectivity index (χ1) is 13.9. The molecule has 29 heavy (non-hydrogen) atoms. The van der Waals surface area contributed by atoms with Crippen molar-refractivity contribution in [2.24, 2.45) is 0 Å². The van der Waals surface area contributed by atoms with Crippen molar-refractivity contribution in [1.82, 2.24) is 4.90 Å². The van der Waals surface area contributed by atoms with E-state index in [0.29, 0.717) is 28.8 Å². The molecule has 1 N–H and O–H groups in total. The molecular formula is C20H24N2O6S. The summed E-state index contributed by atoms with van der Waals surface area (Å²) in [6.45, 7) is 6.02. The Labute approximate surface area is 173 Å². The Balaban J connectivity index is 1.74. The number of hydrogen-bond acceptors (Lipinski definition) is 7. The van der Waals surface area contributed by atoms with Crippen molar-refractivity contribution in [2.45, 2.75) is 33.3 Å². The summed E-state index contributed by atoms with van der Waals surface area (Å²) in [7, 11) is 0. The van der Waals surface area contributed by atoms with Gasteiger partial charge in [0.1, 0.15) is 24.1 Å². The Morgan fingerprint density at radius 2 is 2.14 bits per heavy atom. The molecule has 2 aliphatic rings. The van der Waals surface area contributed by atoms with Gasteiger partial charge in [-0.15, -0.1) is 0 Å². The number of fused-ring (bicyclic) bond motifs is 1. The molecule has 1 aromatic rings. The van der Waals surface area contributed by atoms with E-state index >= 15 is 0 Å². The highest BCUT2D eigenvalue weighted by atomic mass is 32.2. The molecule has 1 atom stereocenters. The number of nitrogens with zero attached hydrogens (tertiary/aromatic N) is 1. The van der Waals surface area contributed by atoms with Gasteiger partial charge < -0.3 is 19.5 Å². The SMILES string of the molecule is CCOC(=O)/C=C1\SCC(=O)N1CC(=O)Nc1cc2c(cc1OCC)CC(C)O2. The molecule has 2 aliphatic heterocycles. The van der Waals surface area contributed by atoms with Gasteiger partial charge in [-0.05, 0) is 26.8 Å². The van der Waals surface area contributed by atoms with Gasteiger partial charge in [0.25, 0.3) is 0 Å². The van der Waals surface area contributed by atoms with Crippen molar-refractivity contribution < 1.29 is 28.6 Å². The Kier molecular flexibility index (Phi) is 6.68. The number of amides is 2. The monoisotopic (exact) mass is 420 g/mol. The molecule has 1 unspecified atom stereocenters. The van der Waals surface area contributed by atoms with Crippen LogP contribution in [0.5, 0.6) is 11.5 Å². The van der Waals surface area contributed by atoms with E-state index in [-0.39, 0.29) is 30.9 Å². The van der Waals surface area contributed by atoms with E-state index in [1.54, 1.807) is 13.0 Å². The zero-order valence-corrected chi connectivity index (χ0v) is 17.5. The third kappa shape index (κ3) is 5.03. The number of ether oxygens (including phenoxy) is 3. The molecule has 0 spiro atoms. The molecule has 0 aliphatic carbocycles. The number of nitrogens with one attached hydrogen (secondary N) is 1. The molecule has 0 bridgehead atoms. The quantitative estimate of drug-likeness (QED) is 0.534. The lowest BCUT2D eigenvalue weighted by Gasteiger charge is -2.18. The molecule has 2 amide bonds. The zero-order valence-electron chi connectivity index (χ0n) is 16.6. The Hall–Kier alpha value is -2.68. The molecule has 1 aromatic carbocycles. The van der Waals surface area contributed by atoms with Gasteiger partial charge >= 0.3 is 5.97 Å². The molecule has 1 fully saturated rings. The molecule has 0 aromatic heterocycles. The molecule has 2 heterocycles. The van der Waals surface area contributed by atoms with Crippen LogP contribution >= 0.6 is 11.8 Å². The van der Waals surface area contributed by atoms with Crippen LogP contribution in [0, 0.1) is 0 Å². The number of carbonyl (C=O) groups is 3. The van der Waals surface area contributed by atoms with Crippen molar-refractivity contribution >= 4 is 35.2 Å². The number of carbonyl (C=O) groups excluding carboxylic acids is 3. The predicted molar refractivity (Wildman–Crippen MR) is 109 cm³/mol. The van der Waals surface area contributed by atoms with Gasteiger partial charge in [-0.2, -0.15) is 0 Å². The summed E-state index contributed by atoms with van der Waals surface area (Å²) in [4.78, 5) is 37.8. The summed E-state index contributed by atoms with van der Waals surface area (Å²) in [5.74, 6) is 0.263. The maximum absolute atomic E-state index is 12.6. The van der Waals surface area contributed by atoms with Gasteiger partial charge in [0.15, 0.2) is 0 Å². The van der Waals surface area contributed by atoms with Crippen LogP contribution in [0.15, 0.2) is 23.2 Å².